The van der Waals surface area contributed by atoms with Crippen LogP contribution in [0.15, 0.2) is 30.3 Å². The molecule has 0 heterocycles. The van der Waals surface area contributed by atoms with Gasteiger partial charge in [-0.3, -0.25) is 19.5 Å². The van der Waals surface area contributed by atoms with Crippen LogP contribution in [0.5, 0.6) is 0 Å². The van der Waals surface area contributed by atoms with Crippen LogP contribution < -0.4 is 5.32 Å². The molecule has 0 spiro atoms. The molecule has 1 aromatic carbocycles. The first-order chi connectivity index (χ1) is 13.4. The lowest BCUT2D eigenvalue weighted by Crippen LogP contribution is -2.42. The highest BCUT2D eigenvalue weighted by molar-refractivity contribution is 7.54. The third kappa shape index (κ3) is 7.36. The standard InChI is InChI=1S/C19H30NO7P/c1-5-24-17(21)14-16(19(22)25-6-2)20-18(15-12-10-9-11-13-15)28(23,26-7-3)27-8-4/h9-13,16,18,20H,5-8,14H2,1-4H3/t16-,18?/m0/s1. The molecule has 1 rings (SSSR count). The second kappa shape index (κ2) is 12.7. The van der Waals surface area contributed by atoms with E-state index in [1.54, 1.807) is 52.0 Å². The predicted octanol–water partition coefficient (Wildman–Crippen LogP) is 3.43. The van der Waals surface area contributed by atoms with Crippen molar-refractivity contribution in [3.05, 3.63) is 35.9 Å². The minimum atomic E-state index is -3.69. The van der Waals surface area contributed by atoms with Crippen LogP contribution in [0, 0.1) is 0 Å². The molecule has 0 aliphatic rings. The normalized spacial score (nSPS) is 13.6. The Morgan fingerprint density at radius 2 is 1.50 bits per heavy atom. The molecule has 1 unspecified atom stereocenters. The Morgan fingerprint density at radius 3 is 2.00 bits per heavy atom. The zero-order valence-electron chi connectivity index (χ0n) is 16.9. The fourth-order valence-electron chi connectivity index (χ4n) is 2.58. The van der Waals surface area contributed by atoms with Crippen molar-refractivity contribution in [2.24, 2.45) is 0 Å². The molecule has 0 aliphatic carbocycles. The van der Waals surface area contributed by atoms with Crippen molar-refractivity contribution in [1.29, 1.82) is 0 Å². The first-order valence-electron chi connectivity index (χ1n) is 9.43. The number of rotatable bonds is 13. The van der Waals surface area contributed by atoms with Gasteiger partial charge in [0, 0.05) is 0 Å². The average Bonchev–Trinajstić information content (AvgIpc) is 2.66. The number of benzene rings is 1. The van der Waals surface area contributed by atoms with Crippen LogP contribution in [0.2, 0.25) is 0 Å². The molecule has 0 aliphatic heterocycles. The summed E-state index contributed by atoms with van der Waals surface area (Å²) in [5, 5.41) is 2.97. The van der Waals surface area contributed by atoms with E-state index in [9.17, 15) is 14.2 Å². The molecule has 1 N–H and O–H groups in total. The molecule has 0 fully saturated rings. The van der Waals surface area contributed by atoms with Crippen LogP contribution in [-0.2, 0) is 32.7 Å². The van der Waals surface area contributed by atoms with Crippen LogP contribution in [0.1, 0.15) is 45.5 Å². The summed E-state index contributed by atoms with van der Waals surface area (Å²) in [5.74, 6) is -2.17. The molecule has 0 aromatic heterocycles. The molecule has 28 heavy (non-hydrogen) atoms. The molecule has 0 bridgehead atoms. The molecular formula is C19H30NO7P. The van der Waals surface area contributed by atoms with Crippen LogP contribution in [0.25, 0.3) is 0 Å². The largest absolute Gasteiger partial charge is 0.466 e. The van der Waals surface area contributed by atoms with Gasteiger partial charge in [0.15, 0.2) is 0 Å². The van der Waals surface area contributed by atoms with Crippen molar-refractivity contribution in [1.82, 2.24) is 5.32 Å². The lowest BCUT2D eigenvalue weighted by atomic mass is 10.1. The van der Waals surface area contributed by atoms with E-state index in [2.05, 4.69) is 5.32 Å². The fraction of sp³-hybridized carbons (Fsp3) is 0.579. The Bertz CT molecular complexity index is 643. The van der Waals surface area contributed by atoms with Crippen LogP contribution in [0.4, 0.5) is 0 Å². The molecule has 8 nitrogen and oxygen atoms in total. The van der Waals surface area contributed by atoms with Gasteiger partial charge in [0.1, 0.15) is 11.8 Å². The third-order valence-electron chi connectivity index (χ3n) is 3.66. The first-order valence-corrected chi connectivity index (χ1v) is 11.0. The van der Waals surface area contributed by atoms with Gasteiger partial charge in [-0.2, -0.15) is 0 Å². The Labute approximate surface area is 166 Å². The minimum absolute atomic E-state index is 0.143. The van der Waals surface area contributed by atoms with E-state index in [-0.39, 0.29) is 32.8 Å². The molecule has 158 valence electrons. The minimum Gasteiger partial charge on any atom is -0.466 e. The monoisotopic (exact) mass is 415 g/mol. The van der Waals surface area contributed by atoms with Gasteiger partial charge in [-0.05, 0) is 33.3 Å². The van der Waals surface area contributed by atoms with Crippen molar-refractivity contribution in [3.8, 4) is 0 Å². The van der Waals surface area contributed by atoms with Crippen molar-refractivity contribution in [3.63, 3.8) is 0 Å². The van der Waals surface area contributed by atoms with E-state index in [0.29, 0.717) is 5.56 Å². The van der Waals surface area contributed by atoms with Gasteiger partial charge < -0.3 is 18.5 Å². The predicted molar refractivity (Wildman–Crippen MR) is 105 cm³/mol. The van der Waals surface area contributed by atoms with Gasteiger partial charge in [0.2, 0.25) is 0 Å². The molecule has 0 radical (unpaired) electrons. The van der Waals surface area contributed by atoms with Gasteiger partial charge in [0.05, 0.1) is 32.8 Å². The van der Waals surface area contributed by atoms with Crippen LogP contribution in [-0.4, -0.2) is 44.4 Å². The number of hydrogen-bond donors (Lipinski definition) is 1. The van der Waals surface area contributed by atoms with E-state index in [4.69, 9.17) is 18.5 Å². The van der Waals surface area contributed by atoms with Crippen molar-refractivity contribution >= 4 is 19.5 Å². The quantitative estimate of drug-likeness (QED) is 0.386. The Kier molecular flexibility index (Phi) is 11.0. The summed E-state index contributed by atoms with van der Waals surface area (Å²) in [6, 6.07) is 7.78. The first kappa shape index (κ1) is 24.3. The molecular weight excluding hydrogens is 385 g/mol. The Balaban J connectivity index is 3.26. The smallest absolute Gasteiger partial charge is 0.351 e. The van der Waals surface area contributed by atoms with E-state index in [0.717, 1.165) is 0 Å². The van der Waals surface area contributed by atoms with Gasteiger partial charge >= 0.3 is 19.5 Å². The second-order valence-corrected chi connectivity index (χ2v) is 7.78. The van der Waals surface area contributed by atoms with Crippen LogP contribution in [0.3, 0.4) is 0 Å². The topological polar surface area (TPSA) is 100 Å². The van der Waals surface area contributed by atoms with E-state index < -0.39 is 31.4 Å². The third-order valence-corrected chi connectivity index (χ3v) is 5.97. The maximum atomic E-state index is 13.5. The molecule has 0 saturated heterocycles. The maximum Gasteiger partial charge on any atom is 0.351 e. The highest BCUT2D eigenvalue weighted by Crippen LogP contribution is 2.59. The van der Waals surface area contributed by atoms with E-state index >= 15 is 0 Å². The summed E-state index contributed by atoms with van der Waals surface area (Å²) >= 11 is 0. The Morgan fingerprint density at radius 1 is 0.929 bits per heavy atom. The number of ether oxygens (including phenoxy) is 2. The number of esters is 2. The van der Waals surface area contributed by atoms with Gasteiger partial charge in [0.25, 0.3) is 0 Å². The summed E-state index contributed by atoms with van der Waals surface area (Å²) in [6.07, 6.45) is -0.270. The highest BCUT2D eigenvalue weighted by atomic mass is 31.2. The number of nitrogens with one attached hydrogen (secondary N) is 1. The summed E-state index contributed by atoms with van der Waals surface area (Å²) in [4.78, 5) is 24.4. The average molecular weight is 415 g/mol. The maximum absolute atomic E-state index is 13.5. The molecule has 2 atom stereocenters. The number of hydrogen-bond acceptors (Lipinski definition) is 8. The zero-order chi connectivity index (χ0) is 21.0. The summed E-state index contributed by atoms with van der Waals surface area (Å²) < 4.78 is 34.5. The summed E-state index contributed by atoms with van der Waals surface area (Å²) in [7, 11) is -3.69. The van der Waals surface area contributed by atoms with E-state index in [1.807, 2.05) is 6.07 Å². The lowest BCUT2D eigenvalue weighted by molar-refractivity contribution is -0.152. The summed E-state index contributed by atoms with van der Waals surface area (Å²) in [5.41, 5.74) is 0.603. The zero-order valence-corrected chi connectivity index (χ0v) is 17.8. The SMILES string of the molecule is CCOC(=O)C[C@H](NC(c1ccccc1)P(=O)(OCC)OCC)C(=O)OCC. The van der Waals surface area contributed by atoms with Crippen LogP contribution >= 0.6 is 7.60 Å². The Hall–Kier alpha value is -1.73. The summed E-state index contributed by atoms with van der Waals surface area (Å²) in [6.45, 7) is 7.39. The van der Waals surface area contributed by atoms with Crippen molar-refractivity contribution < 1.29 is 32.7 Å². The number of carbonyl (C=O) groups excluding carboxylic acids is 2. The van der Waals surface area contributed by atoms with Gasteiger partial charge in [-0.25, -0.2) is 0 Å². The van der Waals surface area contributed by atoms with Gasteiger partial charge in [-0.15, -0.1) is 0 Å². The molecule has 0 amide bonds. The lowest BCUT2D eigenvalue weighted by Gasteiger charge is -2.30. The van der Waals surface area contributed by atoms with E-state index in [1.165, 1.54) is 0 Å². The molecule has 0 saturated carbocycles. The van der Waals surface area contributed by atoms with Crippen molar-refractivity contribution in [2.45, 2.75) is 45.9 Å². The number of carbonyl (C=O) groups is 2. The molecule has 1 aromatic rings. The van der Waals surface area contributed by atoms with Gasteiger partial charge in [-0.1, -0.05) is 30.3 Å². The second-order valence-electron chi connectivity index (χ2n) is 5.67. The highest BCUT2D eigenvalue weighted by Gasteiger charge is 2.40. The molecule has 9 heteroatoms. The fourth-order valence-corrected chi connectivity index (χ4v) is 4.57. The van der Waals surface area contributed by atoms with Crippen molar-refractivity contribution in [2.75, 3.05) is 26.4 Å².